The smallest absolute Gasteiger partial charge is 0.361 e. The van der Waals surface area contributed by atoms with Crippen molar-refractivity contribution in [1.29, 1.82) is 0 Å². The number of hydrogen-bond donors (Lipinski definition) is 1. The Balaban J connectivity index is 3.95. The number of carboxylic acid groups (broad SMARTS) is 1. The Morgan fingerprint density at radius 1 is 0.414 bits per heavy atom. The number of quaternary nitrogens is 1. The van der Waals surface area contributed by atoms with Gasteiger partial charge in [-0.25, -0.2) is 4.79 Å². The number of carboxylic acids is 1. The molecule has 0 saturated carbocycles. The van der Waals surface area contributed by atoms with Gasteiger partial charge in [0.05, 0.1) is 34.4 Å². The van der Waals surface area contributed by atoms with E-state index in [2.05, 4.69) is 26.0 Å². The minimum absolute atomic E-state index is 0.179. The van der Waals surface area contributed by atoms with Crippen molar-refractivity contribution in [1.82, 2.24) is 0 Å². The quantitative estimate of drug-likeness (QED) is 0.0211. The maximum atomic E-state index is 12.8. The topological polar surface area (TPSA) is 108 Å². The molecule has 0 heterocycles. The number of carbonyl (C=O) groups excluding carboxylic acids is 2. The predicted octanol–water partition coefficient (Wildman–Crippen LogP) is 17.7. The zero-order valence-electron chi connectivity index (χ0n) is 47.2. The van der Waals surface area contributed by atoms with E-state index in [0.29, 0.717) is 23.9 Å². The van der Waals surface area contributed by atoms with Gasteiger partial charge in [-0.3, -0.25) is 9.59 Å². The molecular formula is C61H118NO8+. The highest BCUT2D eigenvalue weighted by Gasteiger charge is 2.25. The van der Waals surface area contributed by atoms with Gasteiger partial charge in [-0.15, -0.1) is 0 Å². The lowest BCUT2D eigenvalue weighted by Crippen LogP contribution is -2.40. The summed E-state index contributed by atoms with van der Waals surface area (Å²) in [5.41, 5.74) is 0. The standard InChI is InChI=1S/C61H117NO8/c1-6-8-10-12-14-16-18-20-21-22-23-24-25-26-27-28-29-30-31-32-33-34-35-36-37-38-39-40-42-43-45-47-49-51-58(63)68-55-57(56-69-61(60(65)66)67-54-53-62(3,4)5)70-59(64)52-50-48-46-44-41-19-17-15-13-11-9-7-2/h15,17,57,61H,6-14,16,18-56H2,1-5H3/p+1/b17-15-. The summed E-state index contributed by atoms with van der Waals surface area (Å²) in [4.78, 5) is 37.3. The van der Waals surface area contributed by atoms with E-state index < -0.39 is 24.3 Å². The minimum Gasteiger partial charge on any atom is -0.477 e. The average molecular weight is 994 g/mol. The summed E-state index contributed by atoms with van der Waals surface area (Å²) in [7, 11) is 5.97. The van der Waals surface area contributed by atoms with Gasteiger partial charge < -0.3 is 28.5 Å². The van der Waals surface area contributed by atoms with E-state index in [4.69, 9.17) is 18.9 Å². The van der Waals surface area contributed by atoms with E-state index in [-0.39, 0.29) is 32.2 Å². The van der Waals surface area contributed by atoms with E-state index in [1.807, 2.05) is 21.1 Å². The highest BCUT2D eigenvalue weighted by molar-refractivity contribution is 5.71. The molecule has 414 valence electrons. The van der Waals surface area contributed by atoms with Crippen LogP contribution in [0.15, 0.2) is 12.2 Å². The SMILES string of the molecule is CCCCC/C=C\CCCCCCCC(=O)OC(COC(=O)CCCCCCCCCCCCCCCCCCCCCCCCCCCCCCCCCCC)COC(OCC[N+](C)(C)C)C(=O)O. The molecule has 0 aliphatic carbocycles. The molecule has 0 radical (unpaired) electrons. The molecule has 0 aromatic heterocycles. The van der Waals surface area contributed by atoms with Gasteiger partial charge in [-0.2, -0.15) is 0 Å². The molecule has 0 aromatic rings. The van der Waals surface area contributed by atoms with Gasteiger partial charge in [0.25, 0.3) is 6.29 Å². The number of allylic oxidation sites excluding steroid dienone is 2. The maximum absolute atomic E-state index is 12.8. The van der Waals surface area contributed by atoms with E-state index in [0.717, 1.165) is 51.4 Å². The average Bonchev–Trinajstić information content (AvgIpc) is 3.33. The lowest BCUT2D eigenvalue weighted by atomic mass is 10.0. The van der Waals surface area contributed by atoms with Crippen molar-refractivity contribution in [2.24, 2.45) is 0 Å². The molecule has 0 aromatic carbocycles. The third kappa shape index (κ3) is 53.8. The van der Waals surface area contributed by atoms with Crippen LogP contribution in [0.4, 0.5) is 0 Å². The number of likely N-dealkylation sites (N-methyl/N-ethyl adjacent to an activating group) is 1. The number of rotatable bonds is 57. The fourth-order valence-electron chi connectivity index (χ4n) is 9.07. The summed E-state index contributed by atoms with van der Waals surface area (Å²) in [5.74, 6) is -2.00. The van der Waals surface area contributed by atoms with E-state index in [9.17, 15) is 19.5 Å². The highest BCUT2D eigenvalue weighted by atomic mass is 16.7. The monoisotopic (exact) mass is 993 g/mol. The second kappa shape index (κ2) is 53.3. The zero-order valence-corrected chi connectivity index (χ0v) is 47.2. The minimum atomic E-state index is -1.51. The molecule has 70 heavy (non-hydrogen) atoms. The molecule has 2 atom stereocenters. The lowest BCUT2D eigenvalue weighted by Gasteiger charge is -2.25. The third-order valence-corrected chi connectivity index (χ3v) is 13.8. The number of esters is 2. The van der Waals surface area contributed by atoms with Gasteiger partial charge >= 0.3 is 17.9 Å². The first-order valence-corrected chi connectivity index (χ1v) is 30.4. The first kappa shape index (κ1) is 68.0. The van der Waals surface area contributed by atoms with Crippen molar-refractivity contribution < 1.29 is 42.9 Å². The Morgan fingerprint density at radius 3 is 1.09 bits per heavy atom. The normalized spacial score (nSPS) is 12.8. The number of hydrogen-bond acceptors (Lipinski definition) is 7. The van der Waals surface area contributed by atoms with Gasteiger partial charge in [0.15, 0.2) is 6.10 Å². The van der Waals surface area contributed by atoms with Crippen LogP contribution in [-0.2, 0) is 33.3 Å². The van der Waals surface area contributed by atoms with Crippen LogP contribution in [0.5, 0.6) is 0 Å². The highest BCUT2D eigenvalue weighted by Crippen LogP contribution is 2.18. The van der Waals surface area contributed by atoms with Crippen molar-refractivity contribution >= 4 is 17.9 Å². The lowest BCUT2D eigenvalue weighted by molar-refractivity contribution is -0.870. The Bertz CT molecular complexity index is 1150. The molecule has 0 aliphatic rings. The van der Waals surface area contributed by atoms with Crippen molar-refractivity contribution in [3.05, 3.63) is 12.2 Å². The largest absolute Gasteiger partial charge is 0.477 e. The molecule has 9 nitrogen and oxygen atoms in total. The molecule has 9 heteroatoms. The summed E-state index contributed by atoms with van der Waals surface area (Å²) in [6, 6.07) is 0. The van der Waals surface area contributed by atoms with E-state index >= 15 is 0 Å². The van der Waals surface area contributed by atoms with Gasteiger partial charge in [0.2, 0.25) is 0 Å². The summed E-state index contributed by atoms with van der Waals surface area (Å²) >= 11 is 0. The van der Waals surface area contributed by atoms with Gasteiger partial charge in [0.1, 0.15) is 13.2 Å². The number of unbranched alkanes of at least 4 members (excludes halogenated alkanes) is 40. The Hall–Kier alpha value is -1.97. The second-order valence-corrected chi connectivity index (χ2v) is 22.0. The molecule has 0 spiro atoms. The third-order valence-electron chi connectivity index (χ3n) is 13.8. The second-order valence-electron chi connectivity index (χ2n) is 22.0. The predicted molar refractivity (Wildman–Crippen MR) is 295 cm³/mol. The van der Waals surface area contributed by atoms with E-state index in [1.54, 1.807) is 0 Å². The first-order chi connectivity index (χ1) is 34.1. The molecule has 0 fully saturated rings. The van der Waals surface area contributed by atoms with Crippen LogP contribution in [0.3, 0.4) is 0 Å². The van der Waals surface area contributed by atoms with Crippen LogP contribution in [-0.4, -0.2) is 87.4 Å². The molecule has 0 amide bonds. The molecule has 0 aliphatic heterocycles. The molecule has 0 bridgehead atoms. The fourth-order valence-corrected chi connectivity index (χ4v) is 9.07. The zero-order chi connectivity index (χ0) is 51.3. The van der Waals surface area contributed by atoms with Crippen LogP contribution in [0.2, 0.25) is 0 Å². The van der Waals surface area contributed by atoms with Crippen molar-refractivity contribution in [2.75, 3.05) is 47.5 Å². The summed E-state index contributed by atoms with van der Waals surface area (Å²) in [5, 5.41) is 9.67. The number of ether oxygens (including phenoxy) is 4. The van der Waals surface area contributed by atoms with Gasteiger partial charge in [0, 0.05) is 12.8 Å². The Labute approximate surface area is 434 Å². The van der Waals surface area contributed by atoms with Crippen molar-refractivity contribution in [2.45, 2.75) is 315 Å². The van der Waals surface area contributed by atoms with Crippen LogP contribution in [0.1, 0.15) is 303 Å². The van der Waals surface area contributed by atoms with E-state index in [1.165, 1.54) is 218 Å². The molecule has 1 N–H and O–H groups in total. The molecule has 2 unspecified atom stereocenters. The number of nitrogens with zero attached hydrogens (tertiary/aromatic N) is 1. The summed E-state index contributed by atoms with van der Waals surface area (Å²) in [6.45, 7) is 4.89. The van der Waals surface area contributed by atoms with Crippen LogP contribution < -0.4 is 0 Å². The Morgan fingerprint density at radius 2 is 0.729 bits per heavy atom. The molecule has 0 rings (SSSR count). The fraction of sp³-hybridized carbons (Fsp3) is 0.918. The maximum Gasteiger partial charge on any atom is 0.361 e. The number of aliphatic carboxylic acids is 1. The van der Waals surface area contributed by atoms with Crippen LogP contribution >= 0.6 is 0 Å². The van der Waals surface area contributed by atoms with Crippen LogP contribution in [0, 0.1) is 0 Å². The van der Waals surface area contributed by atoms with Gasteiger partial charge in [-0.05, 0) is 38.5 Å². The summed E-state index contributed by atoms with van der Waals surface area (Å²) in [6.07, 6.45) is 59.0. The van der Waals surface area contributed by atoms with Gasteiger partial charge in [-0.1, -0.05) is 264 Å². The van der Waals surface area contributed by atoms with Crippen LogP contribution in [0.25, 0.3) is 0 Å². The van der Waals surface area contributed by atoms with Crippen molar-refractivity contribution in [3.8, 4) is 0 Å². The first-order valence-electron chi connectivity index (χ1n) is 30.4. The Kier molecular flexibility index (Phi) is 51.8. The summed E-state index contributed by atoms with van der Waals surface area (Å²) < 4.78 is 22.8. The van der Waals surface area contributed by atoms with Crippen molar-refractivity contribution in [3.63, 3.8) is 0 Å². The molecular weight excluding hydrogens is 875 g/mol. The number of carbonyl (C=O) groups is 3. The molecule has 0 saturated heterocycles.